The van der Waals surface area contributed by atoms with Crippen LogP contribution in [-0.2, 0) is 10.0 Å². The van der Waals surface area contributed by atoms with Gasteiger partial charge in [0.2, 0.25) is 10.0 Å². The first-order valence-corrected chi connectivity index (χ1v) is 7.93. The van der Waals surface area contributed by atoms with Gasteiger partial charge >= 0.3 is 0 Å². The number of sulfonamides is 1. The first-order chi connectivity index (χ1) is 8.93. The molecule has 0 unspecified atom stereocenters. The average molecular weight is 282 g/mol. The molecule has 0 aromatic heterocycles. The minimum atomic E-state index is -3.45. The molecule has 0 radical (unpaired) electrons. The van der Waals surface area contributed by atoms with Crippen LogP contribution >= 0.6 is 0 Å². The minimum absolute atomic E-state index is 0.217. The van der Waals surface area contributed by atoms with Crippen molar-refractivity contribution in [2.45, 2.75) is 26.3 Å². The van der Waals surface area contributed by atoms with E-state index in [1.807, 2.05) is 44.2 Å². The van der Waals surface area contributed by atoms with E-state index in [0.717, 1.165) is 12.0 Å². The summed E-state index contributed by atoms with van der Waals surface area (Å²) in [6.45, 7) is 4.38. The van der Waals surface area contributed by atoms with Crippen molar-refractivity contribution in [2.75, 3.05) is 6.54 Å². The van der Waals surface area contributed by atoms with E-state index in [4.69, 9.17) is 5.73 Å². The molecule has 1 aromatic carbocycles. The Morgan fingerprint density at radius 1 is 1.26 bits per heavy atom. The smallest absolute Gasteiger partial charge is 0.234 e. The summed E-state index contributed by atoms with van der Waals surface area (Å²) in [5.41, 5.74) is 6.43. The number of nitrogens with one attached hydrogen (secondary N) is 1. The second kappa shape index (κ2) is 7.43. The molecule has 3 N–H and O–H groups in total. The third kappa shape index (κ3) is 6.52. The van der Waals surface area contributed by atoms with Gasteiger partial charge in [0.05, 0.1) is 0 Å². The average Bonchev–Trinajstić information content (AvgIpc) is 2.36. The zero-order valence-corrected chi connectivity index (χ0v) is 12.2. The number of nitrogens with two attached hydrogens (primary N) is 1. The monoisotopic (exact) mass is 282 g/mol. The highest BCUT2D eigenvalue weighted by Gasteiger charge is 2.15. The van der Waals surface area contributed by atoms with Crippen LogP contribution in [0.25, 0.3) is 6.08 Å². The highest BCUT2D eigenvalue weighted by Crippen LogP contribution is 2.07. The molecule has 0 aliphatic carbocycles. The zero-order chi connectivity index (χ0) is 14.3. The highest BCUT2D eigenvalue weighted by molar-refractivity contribution is 7.92. The quantitative estimate of drug-likeness (QED) is 0.803. The van der Waals surface area contributed by atoms with E-state index in [2.05, 4.69) is 4.72 Å². The van der Waals surface area contributed by atoms with Crippen molar-refractivity contribution in [1.82, 2.24) is 4.72 Å². The summed E-state index contributed by atoms with van der Waals surface area (Å²) in [6.07, 6.45) is 2.31. The van der Waals surface area contributed by atoms with Gasteiger partial charge in [-0.3, -0.25) is 0 Å². The van der Waals surface area contributed by atoms with Gasteiger partial charge in [-0.2, -0.15) is 0 Å². The van der Waals surface area contributed by atoms with Crippen molar-refractivity contribution in [2.24, 2.45) is 11.7 Å². The molecule has 0 bridgehead atoms. The summed E-state index contributed by atoms with van der Waals surface area (Å²) >= 11 is 0. The fourth-order valence-corrected chi connectivity index (χ4v) is 2.84. The van der Waals surface area contributed by atoms with Gasteiger partial charge in [0.15, 0.2) is 0 Å². The fourth-order valence-electron chi connectivity index (χ4n) is 1.77. The summed E-state index contributed by atoms with van der Waals surface area (Å²) in [7, 11) is -3.45. The van der Waals surface area contributed by atoms with E-state index in [1.54, 1.807) is 6.08 Å². The maximum absolute atomic E-state index is 11.9. The van der Waals surface area contributed by atoms with Crippen LogP contribution < -0.4 is 10.5 Å². The predicted molar refractivity (Wildman–Crippen MR) is 79.8 cm³/mol. The SMILES string of the molecule is CC(C)C[C@@H](CN)NS(=O)(=O)/C=C/c1ccccc1. The van der Waals surface area contributed by atoms with Crippen molar-refractivity contribution in [3.05, 3.63) is 41.3 Å². The largest absolute Gasteiger partial charge is 0.329 e. The van der Waals surface area contributed by atoms with E-state index in [-0.39, 0.29) is 6.04 Å². The van der Waals surface area contributed by atoms with Crippen LogP contribution in [0, 0.1) is 5.92 Å². The second-order valence-electron chi connectivity index (χ2n) is 4.94. The van der Waals surface area contributed by atoms with Crippen LogP contribution in [0.2, 0.25) is 0 Å². The van der Waals surface area contributed by atoms with E-state index < -0.39 is 10.0 Å². The summed E-state index contributed by atoms with van der Waals surface area (Å²) in [6, 6.07) is 9.09. The molecule has 0 fully saturated rings. The lowest BCUT2D eigenvalue weighted by Crippen LogP contribution is -2.40. The molecule has 0 aliphatic rings. The molecule has 0 heterocycles. The van der Waals surface area contributed by atoms with Crippen LogP contribution in [0.15, 0.2) is 35.7 Å². The van der Waals surface area contributed by atoms with Crippen LogP contribution in [0.5, 0.6) is 0 Å². The van der Waals surface area contributed by atoms with Crippen LogP contribution in [0.4, 0.5) is 0 Å². The van der Waals surface area contributed by atoms with Gasteiger partial charge in [0, 0.05) is 18.0 Å². The summed E-state index contributed by atoms with van der Waals surface area (Å²) in [4.78, 5) is 0. The molecule has 5 heteroatoms. The number of benzene rings is 1. The second-order valence-corrected chi connectivity index (χ2v) is 6.54. The normalized spacial score (nSPS) is 14.1. The molecule has 1 aromatic rings. The van der Waals surface area contributed by atoms with Gasteiger partial charge in [-0.25, -0.2) is 13.1 Å². The molecule has 1 atom stereocenters. The third-order valence-electron chi connectivity index (χ3n) is 2.61. The van der Waals surface area contributed by atoms with Gasteiger partial charge in [-0.05, 0) is 24.0 Å². The lowest BCUT2D eigenvalue weighted by atomic mass is 10.1. The number of rotatable bonds is 7. The van der Waals surface area contributed by atoms with Crippen molar-refractivity contribution >= 4 is 16.1 Å². The van der Waals surface area contributed by atoms with E-state index >= 15 is 0 Å². The Morgan fingerprint density at radius 3 is 2.42 bits per heavy atom. The lowest BCUT2D eigenvalue weighted by molar-refractivity contribution is 0.467. The first kappa shape index (κ1) is 15.9. The van der Waals surface area contributed by atoms with Crippen molar-refractivity contribution in [1.29, 1.82) is 0 Å². The Hall–Kier alpha value is -1.17. The topological polar surface area (TPSA) is 72.2 Å². The third-order valence-corrected chi connectivity index (χ3v) is 3.77. The van der Waals surface area contributed by atoms with Crippen LogP contribution in [-0.4, -0.2) is 21.0 Å². The molecule has 0 saturated carbocycles. The molecule has 0 saturated heterocycles. The maximum atomic E-state index is 11.9. The van der Waals surface area contributed by atoms with Crippen LogP contribution in [0.3, 0.4) is 0 Å². The molecule has 1 rings (SSSR count). The Balaban J connectivity index is 2.68. The van der Waals surface area contributed by atoms with Gasteiger partial charge in [0.25, 0.3) is 0 Å². The molecule has 0 spiro atoms. The van der Waals surface area contributed by atoms with E-state index in [0.29, 0.717) is 12.5 Å². The van der Waals surface area contributed by atoms with Crippen LogP contribution in [0.1, 0.15) is 25.8 Å². The zero-order valence-electron chi connectivity index (χ0n) is 11.4. The standard InChI is InChI=1S/C14H22N2O2S/c1-12(2)10-14(11-15)16-19(17,18)9-8-13-6-4-3-5-7-13/h3-9,12,14,16H,10-11,15H2,1-2H3/b9-8+/t14-/m0/s1. The first-order valence-electron chi connectivity index (χ1n) is 6.38. The van der Waals surface area contributed by atoms with E-state index in [1.165, 1.54) is 5.41 Å². The van der Waals surface area contributed by atoms with Crippen molar-refractivity contribution in [3.8, 4) is 0 Å². The molecule has 19 heavy (non-hydrogen) atoms. The van der Waals surface area contributed by atoms with Gasteiger partial charge in [0.1, 0.15) is 0 Å². The molecular weight excluding hydrogens is 260 g/mol. The van der Waals surface area contributed by atoms with E-state index in [9.17, 15) is 8.42 Å². The lowest BCUT2D eigenvalue weighted by Gasteiger charge is -2.17. The Bertz CT molecular complexity index is 495. The molecule has 0 amide bonds. The van der Waals surface area contributed by atoms with Crippen molar-refractivity contribution < 1.29 is 8.42 Å². The fraction of sp³-hybridized carbons (Fsp3) is 0.429. The Morgan fingerprint density at radius 2 is 1.89 bits per heavy atom. The van der Waals surface area contributed by atoms with Crippen molar-refractivity contribution in [3.63, 3.8) is 0 Å². The van der Waals surface area contributed by atoms with Gasteiger partial charge < -0.3 is 5.73 Å². The maximum Gasteiger partial charge on any atom is 0.234 e. The molecule has 4 nitrogen and oxygen atoms in total. The highest BCUT2D eigenvalue weighted by atomic mass is 32.2. The minimum Gasteiger partial charge on any atom is -0.329 e. The molecule has 106 valence electrons. The summed E-state index contributed by atoms with van der Waals surface area (Å²) < 4.78 is 26.4. The number of hydrogen-bond donors (Lipinski definition) is 2. The Labute approximate surface area is 115 Å². The molecular formula is C14H22N2O2S. The molecule has 0 aliphatic heterocycles. The van der Waals surface area contributed by atoms with Gasteiger partial charge in [-0.1, -0.05) is 44.2 Å². The van der Waals surface area contributed by atoms with Gasteiger partial charge in [-0.15, -0.1) is 0 Å². The Kier molecular flexibility index (Phi) is 6.21. The summed E-state index contributed by atoms with van der Waals surface area (Å²) in [5.74, 6) is 0.398. The summed E-state index contributed by atoms with van der Waals surface area (Å²) in [5, 5.41) is 1.19. The number of hydrogen-bond acceptors (Lipinski definition) is 3. The predicted octanol–water partition coefficient (Wildman–Crippen LogP) is 1.95.